The van der Waals surface area contributed by atoms with E-state index in [0.29, 0.717) is 5.35 Å². The van der Waals surface area contributed by atoms with Gasteiger partial charge in [-0.2, -0.15) is 0 Å². The molecule has 1 aromatic rings. The van der Waals surface area contributed by atoms with E-state index in [2.05, 4.69) is 18.1 Å². The van der Waals surface area contributed by atoms with Crippen LogP contribution in [0.5, 0.6) is 0 Å². The van der Waals surface area contributed by atoms with E-state index in [1.54, 1.807) is 19.2 Å². The van der Waals surface area contributed by atoms with E-state index in [0.717, 1.165) is 5.35 Å². The van der Waals surface area contributed by atoms with Gasteiger partial charge in [-0.1, -0.05) is 33.1 Å². The standard InChI is InChI=1S/C8H10N2O.C2H6/c1-4-5-7-6(2)9-8(11)10(7)3;1-2/h4-5H,1-2H2,3H3,(H,9,11);1-2H3/b7-5+;. The lowest BCUT2D eigenvalue weighted by atomic mass is 10.5. The minimum Gasteiger partial charge on any atom is -0.306 e. The lowest BCUT2D eigenvalue weighted by Gasteiger charge is -1.83. The van der Waals surface area contributed by atoms with Gasteiger partial charge in [0, 0.05) is 7.05 Å². The maximum atomic E-state index is 10.9. The number of imidazole rings is 1. The topological polar surface area (TPSA) is 37.8 Å². The summed E-state index contributed by atoms with van der Waals surface area (Å²) in [6.45, 7) is 11.2. The predicted octanol–water partition coefficient (Wildman–Crippen LogP) is 0.116. The van der Waals surface area contributed by atoms with Crippen LogP contribution < -0.4 is 16.4 Å². The molecule has 1 rings (SSSR count). The fraction of sp³-hybridized carbons (Fsp3) is 0.300. The highest BCUT2D eigenvalue weighted by Gasteiger charge is 1.92. The third-order valence-electron chi connectivity index (χ3n) is 1.51. The Morgan fingerprint density at radius 3 is 2.31 bits per heavy atom. The molecule has 0 fully saturated rings. The number of aromatic amines is 1. The summed E-state index contributed by atoms with van der Waals surface area (Å²) < 4.78 is 1.49. The van der Waals surface area contributed by atoms with Crippen LogP contribution in [0.1, 0.15) is 13.8 Å². The Morgan fingerprint density at radius 2 is 2.00 bits per heavy atom. The van der Waals surface area contributed by atoms with Crippen LogP contribution in [0.3, 0.4) is 0 Å². The number of hydrogen-bond donors (Lipinski definition) is 1. The van der Waals surface area contributed by atoms with Crippen LogP contribution in [0.25, 0.3) is 12.7 Å². The van der Waals surface area contributed by atoms with Crippen molar-refractivity contribution in [3.63, 3.8) is 0 Å². The van der Waals surface area contributed by atoms with Gasteiger partial charge in [-0.25, -0.2) is 4.79 Å². The quantitative estimate of drug-likeness (QED) is 0.654. The highest BCUT2D eigenvalue weighted by molar-refractivity contribution is 5.32. The molecule has 0 aliphatic heterocycles. The zero-order valence-electron chi connectivity index (χ0n) is 8.42. The van der Waals surface area contributed by atoms with E-state index >= 15 is 0 Å². The normalized spacial score (nSPS) is 10.5. The number of rotatable bonds is 1. The molecule has 1 aromatic heterocycles. The summed E-state index contributed by atoms with van der Waals surface area (Å²) in [4.78, 5) is 13.5. The van der Waals surface area contributed by atoms with E-state index < -0.39 is 0 Å². The summed E-state index contributed by atoms with van der Waals surface area (Å²) in [7, 11) is 1.68. The van der Waals surface area contributed by atoms with Crippen molar-refractivity contribution < 1.29 is 0 Å². The number of hydrogen-bond acceptors (Lipinski definition) is 1. The Bertz CT molecular complexity index is 423. The van der Waals surface area contributed by atoms with Gasteiger partial charge in [0.1, 0.15) is 0 Å². The van der Waals surface area contributed by atoms with Crippen molar-refractivity contribution in [2.45, 2.75) is 13.8 Å². The number of aromatic nitrogens is 2. The smallest absolute Gasteiger partial charge is 0.306 e. The maximum Gasteiger partial charge on any atom is 0.326 e. The monoisotopic (exact) mass is 180 g/mol. The van der Waals surface area contributed by atoms with Crippen LogP contribution in [0, 0.1) is 0 Å². The molecule has 0 saturated carbocycles. The average Bonchev–Trinajstić information content (AvgIpc) is 2.36. The van der Waals surface area contributed by atoms with Gasteiger partial charge in [-0.3, -0.25) is 4.57 Å². The first kappa shape index (κ1) is 11.5. The van der Waals surface area contributed by atoms with E-state index in [1.807, 2.05) is 13.8 Å². The van der Waals surface area contributed by atoms with Crippen LogP contribution in [-0.2, 0) is 7.05 Å². The van der Waals surface area contributed by atoms with Crippen LogP contribution in [-0.4, -0.2) is 9.55 Å². The number of H-pyrrole nitrogens is 1. The molecule has 13 heavy (non-hydrogen) atoms. The van der Waals surface area contributed by atoms with Gasteiger partial charge in [0.15, 0.2) is 0 Å². The van der Waals surface area contributed by atoms with Crippen molar-refractivity contribution in [2.75, 3.05) is 0 Å². The Morgan fingerprint density at radius 1 is 1.46 bits per heavy atom. The van der Waals surface area contributed by atoms with E-state index in [9.17, 15) is 4.79 Å². The lowest BCUT2D eigenvalue weighted by molar-refractivity contribution is 0.836. The molecule has 72 valence electrons. The van der Waals surface area contributed by atoms with Crippen LogP contribution in [0.4, 0.5) is 0 Å². The van der Waals surface area contributed by atoms with Crippen LogP contribution in [0.2, 0.25) is 0 Å². The Kier molecular flexibility index (Phi) is 4.59. The van der Waals surface area contributed by atoms with Crippen molar-refractivity contribution in [2.24, 2.45) is 7.05 Å². The molecule has 0 aliphatic carbocycles. The predicted molar refractivity (Wildman–Crippen MR) is 56.8 cm³/mol. The first-order chi connectivity index (χ1) is 6.16. The van der Waals surface area contributed by atoms with Crippen molar-refractivity contribution >= 4 is 12.7 Å². The van der Waals surface area contributed by atoms with Crippen LogP contribution in [0.15, 0.2) is 17.4 Å². The third kappa shape index (κ3) is 2.47. The van der Waals surface area contributed by atoms with Gasteiger partial charge in [-0.15, -0.1) is 0 Å². The second-order valence-electron chi connectivity index (χ2n) is 2.26. The van der Waals surface area contributed by atoms with E-state index in [4.69, 9.17) is 0 Å². The van der Waals surface area contributed by atoms with Gasteiger partial charge in [0.2, 0.25) is 0 Å². The average molecular weight is 180 g/mol. The van der Waals surface area contributed by atoms with Crippen molar-refractivity contribution in [3.8, 4) is 0 Å². The Hall–Kier alpha value is -1.51. The van der Waals surface area contributed by atoms with Gasteiger partial charge in [-0.05, 0) is 6.08 Å². The maximum absolute atomic E-state index is 10.9. The SMILES string of the molecule is C=C/C=c1\c(=C)[nH]c(=O)n1C.CC. The summed E-state index contributed by atoms with van der Waals surface area (Å²) in [6, 6.07) is 0. The number of nitrogens with one attached hydrogen (secondary N) is 1. The molecular weight excluding hydrogens is 164 g/mol. The fourth-order valence-corrected chi connectivity index (χ4v) is 0.913. The first-order valence-electron chi connectivity index (χ1n) is 4.23. The first-order valence-corrected chi connectivity index (χ1v) is 4.23. The minimum absolute atomic E-state index is 0.150. The molecule has 3 nitrogen and oxygen atoms in total. The summed E-state index contributed by atoms with van der Waals surface area (Å²) in [5.74, 6) is 0. The van der Waals surface area contributed by atoms with Gasteiger partial charge in [0.05, 0.1) is 10.7 Å². The summed E-state index contributed by atoms with van der Waals surface area (Å²) in [5, 5.41) is 1.39. The highest BCUT2D eigenvalue weighted by Crippen LogP contribution is 1.61. The fourth-order valence-electron chi connectivity index (χ4n) is 0.913. The molecule has 0 saturated heterocycles. The lowest BCUT2D eigenvalue weighted by Crippen LogP contribution is -2.28. The Labute approximate surface area is 77.7 Å². The Balaban J connectivity index is 0.000000671. The molecule has 0 spiro atoms. The summed E-state index contributed by atoms with van der Waals surface area (Å²) in [5.41, 5.74) is -0.150. The van der Waals surface area contributed by atoms with Crippen molar-refractivity contribution in [1.82, 2.24) is 9.55 Å². The second kappa shape index (κ2) is 5.19. The zero-order chi connectivity index (χ0) is 10.4. The third-order valence-corrected chi connectivity index (χ3v) is 1.51. The molecule has 0 radical (unpaired) electrons. The van der Waals surface area contributed by atoms with Crippen molar-refractivity contribution in [3.05, 3.63) is 33.8 Å². The molecular formula is C10H16N2O. The second-order valence-corrected chi connectivity index (χ2v) is 2.26. The summed E-state index contributed by atoms with van der Waals surface area (Å²) in [6.07, 6.45) is 3.36. The number of allylic oxidation sites excluding steroid dienone is 1. The van der Waals surface area contributed by atoms with E-state index in [1.165, 1.54) is 4.57 Å². The largest absolute Gasteiger partial charge is 0.326 e. The molecule has 3 heteroatoms. The van der Waals surface area contributed by atoms with Gasteiger partial charge < -0.3 is 4.98 Å². The van der Waals surface area contributed by atoms with Gasteiger partial charge in [0.25, 0.3) is 0 Å². The molecule has 0 aromatic carbocycles. The number of nitrogens with zero attached hydrogens (tertiary/aromatic N) is 1. The summed E-state index contributed by atoms with van der Waals surface area (Å²) >= 11 is 0. The molecule has 1 N–H and O–H groups in total. The molecule has 0 atom stereocenters. The highest BCUT2D eigenvalue weighted by atomic mass is 16.1. The molecule has 1 heterocycles. The minimum atomic E-state index is -0.150. The van der Waals surface area contributed by atoms with Gasteiger partial charge >= 0.3 is 5.69 Å². The van der Waals surface area contributed by atoms with Crippen LogP contribution >= 0.6 is 0 Å². The zero-order valence-corrected chi connectivity index (χ0v) is 8.42. The molecule has 0 aliphatic rings. The molecule has 0 amide bonds. The van der Waals surface area contributed by atoms with E-state index in [-0.39, 0.29) is 5.69 Å². The molecule has 0 bridgehead atoms. The van der Waals surface area contributed by atoms with Crippen molar-refractivity contribution in [1.29, 1.82) is 0 Å². The molecule has 0 unspecified atom stereocenters.